The van der Waals surface area contributed by atoms with Gasteiger partial charge in [0.1, 0.15) is 19.0 Å². The highest BCUT2D eigenvalue weighted by Gasteiger charge is 2.14. The number of nitrogens with zero attached hydrogens (tertiary/aromatic N) is 2. The average molecular weight is 399 g/mol. The van der Waals surface area contributed by atoms with Crippen molar-refractivity contribution in [2.24, 2.45) is 0 Å². The minimum atomic E-state index is -0.140. The Morgan fingerprint density at radius 2 is 1.80 bits per heavy atom. The Kier molecular flexibility index (Phi) is 4.59. The van der Waals surface area contributed by atoms with Gasteiger partial charge in [0.15, 0.2) is 11.5 Å². The van der Waals surface area contributed by atoms with Crippen LogP contribution in [0.15, 0.2) is 66.7 Å². The van der Waals surface area contributed by atoms with Crippen LogP contribution in [0.1, 0.15) is 21.7 Å². The van der Waals surface area contributed by atoms with Crippen LogP contribution in [0.5, 0.6) is 11.5 Å². The van der Waals surface area contributed by atoms with E-state index in [0.29, 0.717) is 25.3 Å². The van der Waals surface area contributed by atoms with Crippen LogP contribution in [0.4, 0.5) is 0 Å². The molecular formula is C24H21N3O3. The van der Waals surface area contributed by atoms with Gasteiger partial charge in [-0.3, -0.25) is 9.36 Å². The van der Waals surface area contributed by atoms with Crippen LogP contribution in [-0.2, 0) is 6.54 Å². The molecule has 1 aliphatic rings. The topological polar surface area (TPSA) is 65.4 Å². The SMILES string of the molecule is Cc1nc2cc(C(=O)NCc3ccc4c(c3)OCCO4)ccc2n1-c1ccccc1. The van der Waals surface area contributed by atoms with Gasteiger partial charge in [-0.25, -0.2) is 4.98 Å². The van der Waals surface area contributed by atoms with Crippen LogP contribution < -0.4 is 14.8 Å². The first-order valence-corrected chi connectivity index (χ1v) is 9.90. The number of nitrogens with one attached hydrogen (secondary N) is 1. The van der Waals surface area contributed by atoms with E-state index in [1.807, 2.05) is 73.7 Å². The minimum absolute atomic E-state index is 0.140. The van der Waals surface area contributed by atoms with E-state index in [4.69, 9.17) is 9.47 Å². The number of aryl methyl sites for hydroxylation is 1. The summed E-state index contributed by atoms with van der Waals surface area (Å²) in [7, 11) is 0. The fraction of sp³-hybridized carbons (Fsp3) is 0.167. The van der Waals surface area contributed by atoms with Crippen LogP contribution in [0.3, 0.4) is 0 Å². The lowest BCUT2D eigenvalue weighted by atomic mass is 10.1. The van der Waals surface area contributed by atoms with Crippen LogP contribution in [0.25, 0.3) is 16.7 Å². The van der Waals surface area contributed by atoms with Gasteiger partial charge in [0.05, 0.1) is 11.0 Å². The van der Waals surface area contributed by atoms with Crippen LogP contribution in [-0.4, -0.2) is 28.7 Å². The summed E-state index contributed by atoms with van der Waals surface area (Å²) in [6, 6.07) is 21.4. The quantitative estimate of drug-likeness (QED) is 0.563. The van der Waals surface area contributed by atoms with Crippen molar-refractivity contribution in [3.8, 4) is 17.2 Å². The second kappa shape index (κ2) is 7.55. The zero-order valence-corrected chi connectivity index (χ0v) is 16.6. The number of carbonyl (C=O) groups is 1. The van der Waals surface area contributed by atoms with E-state index < -0.39 is 0 Å². The van der Waals surface area contributed by atoms with Crippen molar-refractivity contribution >= 4 is 16.9 Å². The molecule has 1 aromatic heterocycles. The third kappa shape index (κ3) is 3.37. The number of hydrogen-bond donors (Lipinski definition) is 1. The minimum Gasteiger partial charge on any atom is -0.486 e. The fourth-order valence-electron chi connectivity index (χ4n) is 3.73. The molecule has 0 atom stereocenters. The Hall–Kier alpha value is -3.80. The highest BCUT2D eigenvalue weighted by Crippen LogP contribution is 2.30. The summed E-state index contributed by atoms with van der Waals surface area (Å²) >= 11 is 0. The van der Waals surface area contributed by atoms with Gasteiger partial charge < -0.3 is 14.8 Å². The van der Waals surface area contributed by atoms with E-state index in [1.165, 1.54) is 0 Å². The molecule has 6 heteroatoms. The summed E-state index contributed by atoms with van der Waals surface area (Å²) in [5.41, 5.74) is 4.36. The zero-order chi connectivity index (χ0) is 20.5. The van der Waals surface area contributed by atoms with Crippen molar-refractivity contribution in [3.05, 3.63) is 83.7 Å². The lowest BCUT2D eigenvalue weighted by Crippen LogP contribution is -2.23. The number of rotatable bonds is 4. The monoisotopic (exact) mass is 399 g/mol. The van der Waals surface area contributed by atoms with Gasteiger partial charge in [0, 0.05) is 17.8 Å². The van der Waals surface area contributed by atoms with E-state index in [-0.39, 0.29) is 5.91 Å². The molecule has 1 N–H and O–H groups in total. The van der Waals surface area contributed by atoms with E-state index in [9.17, 15) is 4.79 Å². The highest BCUT2D eigenvalue weighted by atomic mass is 16.6. The second-order valence-electron chi connectivity index (χ2n) is 7.19. The van der Waals surface area contributed by atoms with Gasteiger partial charge >= 0.3 is 0 Å². The first-order valence-electron chi connectivity index (χ1n) is 9.90. The Morgan fingerprint density at radius 3 is 2.63 bits per heavy atom. The summed E-state index contributed by atoms with van der Waals surface area (Å²) in [6.45, 7) is 3.47. The molecule has 4 aromatic rings. The van der Waals surface area contributed by atoms with Gasteiger partial charge in [-0.15, -0.1) is 0 Å². The molecule has 0 fully saturated rings. The second-order valence-corrected chi connectivity index (χ2v) is 7.19. The number of imidazole rings is 1. The summed E-state index contributed by atoms with van der Waals surface area (Å²) < 4.78 is 13.2. The Bertz CT molecular complexity index is 1230. The van der Waals surface area contributed by atoms with Gasteiger partial charge in [0.25, 0.3) is 5.91 Å². The molecule has 0 radical (unpaired) electrons. The zero-order valence-electron chi connectivity index (χ0n) is 16.6. The van der Waals surface area contributed by atoms with Crippen LogP contribution in [0, 0.1) is 6.92 Å². The summed E-state index contributed by atoms with van der Waals surface area (Å²) in [5.74, 6) is 2.20. The van der Waals surface area contributed by atoms with E-state index in [2.05, 4.69) is 14.9 Å². The Morgan fingerprint density at radius 1 is 1.00 bits per heavy atom. The number of fused-ring (bicyclic) bond motifs is 2. The van der Waals surface area contributed by atoms with E-state index in [1.54, 1.807) is 0 Å². The van der Waals surface area contributed by atoms with Crippen LogP contribution >= 0.6 is 0 Å². The molecule has 1 aliphatic heterocycles. The molecule has 6 nitrogen and oxygen atoms in total. The van der Waals surface area contributed by atoms with Gasteiger partial charge in [0.2, 0.25) is 0 Å². The molecule has 1 amide bonds. The first-order chi connectivity index (χ1) is 14.7. The van der Waals surface area contributed by atoms with Crippen molar-refractivity contribution in [2.75, 3.05) is 13.2 Å². The molecule has 0 bridgehead atoms. The molecule has 5 rings (SSSR count). The molecular weight excluding hydrogens is 378 g/mol. The number of amides is 1. The lowest BCUT2D eigenvalue weighted by molar-refractivity contribution is 0.0951. The predicted octanol–water partition coefficient (Wildman–Crippen LogP) is 4.04. The Labute approximate surface area is 174 Å². The smallest absolute Gasteiger partial charge is 0.251 e. The maximum atomic E-state index is 12.7. The van der Waals surface area contributed by atoms with Gasteiger partial charge in [-0.2, -0.15) is 0 Å². The van der Waals surface area contributed by atoms with Gasteiger partial charge in [-0.05, 0) is 55.0 Å². The van der Waals surface area contributed by atoms with Crippen molar-refractivity contribution in [1.29, 1.82) is 0 Å². The summed E-state index contributed by atoms with van der Waals surface area (Å²) in [5, 5.41) is 2.97. The molecule has 0 saturated carbocycles. The third-order valence-electron chi connectivity index (χ3n) is 5.16. The fourth-order valence-corrected chi connectivity index (χ4v) is 3.73. The number of ether oxygens (including phenoxy) is 2. The molecule has 0 aliphatic carbocycles. The highest BCUT2D eigenvalue weighted by molar-refractivity contribution is 5.97. The molecule has 150 valence electrons. The van der Waals surface area contributed by atoms with Crippen LogP contribution in [0.2, 0.25) is 0 Å². The molecule has 0 unspecified atom stereocenters. The van der Waals surface area contributed by atoms with Crippen molar-refractivity contribution < 1.29 is 14.3 Å². The van der Waals surface area contributed by atoms with E-state index in [0.717, 1.165) is 39.6 Å². The molecule has 0 spiro atoms. The maximum absolute atomic E-state index is 12.7. The normalized spacial score (nSPS) is 12.7. The number of carbonyl (C=O) groups excluding carboxylic acids is 1. The molecule has 30 heavy (non-hydrogen) atoms. The van der Waals surface area contributed by atoms with E-state index >= 15 is 0 Å². The van der Waals surface area contributed by atoms with Crippen molar-refractivity contribution in [1.82, 2.24) is 14.9 Å². The number of benzene rings is 3. The van der Waals surface area contributed by atoms with Gasteiger partial charge in [-0.1, -0.05) is 24.3 Å². The molecule has 2 heterocycles. The maximum Gasteiger partial charge on any atom is 0.251 e. The van der Waals surface area contributed by atoms with Crippen molar-refractivity contribution in [3.63, 3.8) is 0 Å². The molecule has 0 saturated heterocycles. The molecule has 3 aromatic carbocycles. The predicted molar refractivity (Wildman–Crippen MR) is 114 cm³/mol. The standard InChI is InChI=1S/C24H21N3O3/c1-16-26-20-14-18(8-9-21(20)27(16)19-5-3-2-4-6-19)24(28)25-15-17-7-10-22-23(13-17)30-12-11-29-22/h2-10,13-14H,11-12,15H2,1H3,(H,25,28). The Balaban J connectivity index is 1.35. The first kappa shape index (κ1) is 18.2. The number of aromatic nitrogens is 2. The third-order valence-corrected chi connectivity index (χ3v) is 5.16. The summed E-state index contributed by atoms with van der Waals surface area (Å²) in [4.78, 5) is 17.4. The average Bonchev–Trinajstić information content (AvgIpc) is 3.12. The van der Waals surface area contributed by atoms with Crippen molar-refractivity contribution in [2.45, 2.75) is 13.5 Å². The number of para-hydroxylation sites is 1. The largest absolute Gasteiger partial charge is 0.486 e. The lowest BCUT2D eigenvalue weighted by Gasteiger charge is -2.19. The number of hydrogen-bond acceptors (Lipinski definition) is 4. The summed E-state index contributed by atoms with van der Waals surface area (Å²) in [6.07, 6.45) is 0.